The van der Waals surface area contributed by atoms with E-state index in [-0.39, 0.29) is 17.3 Å². The number of thioether (sulfide) groups is 1. The smallest absolute Gasteiger partial charge is 0.230 e. The van der Waals surface area contributed by atoms with Gasteiger partial charge in [0.05, 0.1) is 11.9 Å². The van der Waals surface area contributed by atoms with Crippen LogP contribution in [0.1, 0.15) is 46.0 Å². The molecule has 4 heteroatoms. The highest BCUT2D eigenvalue weighted by atomic mass is 32.2. The largest absolute Gasteiger partial charge is 0.392 e. The molecule has 0 aliphatic heterocycles. The molecule has 0 spiro atoms. The van der Waals surface area contributed by atoms with Crippen LogP contribution in [0.2, 0.25) is 0 Å². The minimum Gasteiger partial charge on any atom is -0.392 e. The van der Waals surface area contributed by atoms with Crippen molar-refractivity contribution in [3.63, 3.8) is 0 Å². The Labute approximate surface area is 114 Å². The fourth-order valence-electron chi connectivity index (χ4n) is 1.89. The molecule has 0 fully saturated rings. The molecule has 3 nitrogen and oxygen atoms in total. The molecule has 104 valence electrons. The average molecular weight is 271 g/mol. The number of allylic oxidation sites excluding steroid dienone is 1. The summed E-state index contributed by atoms with van der Waals surface area (Å²) in [5, 5.41) is 12.4. The zero-order valence-electron chi connectivity index (χ0n) is 11.4. The second-order valence-corrected chi connectivity index (χ2v) is 6.33. The van der Waals surface area contributed by atoms with Crippen LogP contribution in [0.5, 0.6) is 0 Å². The standard InChI is InChI=1S/C14H25NO2S/c1-11(16)12(2)18-10-14(17)15-9-8-13-6-4-3-5-7-13/h6,11-12,16H,3-5,7-10H2,1-2H3,(H,15,17). The zero-order valence-corrected chi connectivity index (χ0v) is 12.3. The summed E-state index contributed by atoms with van der Waals surface area (Å²) in [5.41, 5.74) is 1.49. The predicted molar refractivity (Wildman–Crippen MR) is 77.8 cm³/mol. The number of aliphatic hydroxyl groups is 1. The van der Waals surface area contributed by atoms with Gasteiger partial charge >= 0.3 is 0 Å². The Hall–Kier alpha value is -0.480. The molecular formula is C14H25NO2S. The molecule has 0 aromatic carbocycles. The van der Waals surface area contributed by atoms with Crippen LogP contribution in [0.4, 0.5) is 0 Å². The molecule has 0 aromatic heterocycles. The summed E-state index contributed by atoms with van der Waals surface area (Å²) in [6, 6.07) is 0. The van der Waals surface area contributed by atoms with Gasteiger partial charge < -0.3 is 10.4 Å². The van der Waals surface area contributed by atoms with E-state index in [4.69, 9.17) is 0 Å². The average Bonchev–Trinajstić information content (AvgIpc) is 2.37. The highest BCUT2D eigenvalue weighted by Gasteiger charge is 2.11. The predicted octanol–water partition coefficient (Wildman–Crippen LogP) is 2.50. The van der Waals surface area contributed by atoms with Gasteiger partial charge in [0.15, 0.2) is 0 Å². The number of rotatable bonds is 7. The van der Waals surface area contributed by atoms with Crippen molar-refractivity contribution < 1.29 is 9.90 Å². The topological polar surface area (TPSA) is 49.3 Å². The van der Waals surface area contributed by atoms with E-state index >= 15 is 0 Å². The van der Waals surface area contributed by atoms with Gasteiger partial charge in [-0.2, -0.15) is 0 Å². The Morgan fingerprint density at radius 3 is 2.89 bits per heavy atom. The normalized spacial score (nSPS) is 18.9. The number of carbonyl (C=O) groups excluding carboxylic acids is 1. The molecule has 2 atom stereocenters. The van der Waals surface area contributed by atoms with Crippen molar-refractivity contribution in [1.29, 1.82) is 0 Å². The molecule has 2 unspecified atom stereocenters. The van der Waals surface area contributed by atoms with Gasteiger partial charge in [-0.1, -0.05) is 18.6 Å². The first-order valence-electron chi connectivity index (χ1n) is 6.84. The Morgan fingerprint density at radius 1 is 1.50 bits per heavy atom. The maximum absolute atomic E-state index is 11.6. The van der Waals surface area contributed by atoms with Crippen molar-refractivity contribution >= 4 is 17.7 Å². The molecule has 0 radical (unpaired) electrons. The van der Waals surface area contributed by atoms with Gasteiger partial charge in [-0.15, -0.1) is 11.8 Å². The van der Waals surface area contributed by atoms with Crippen LogP contribution in [0, 0.1) is 0 Å². The third-order valence-electron chi connectivity index (χ3n) is 3.31. The van der Waals surface area contributed by atoms with E-state index in [1.807, 2.05) is 6.92 Å². The maximum Gasteiger partial charge on any atom is 0.230 e. The molecule has 0 saturated heterocycles. The van der Waals surface area contributed by atoms with Gasteiger partial charge in [-0.25, -0.2) is 0 Å². The second kappa shape index (κ2) is 8.59. The van der Waals surface area contributed by atoms with Crippen molar-refractivity contribution in [3.8, 4) is 0 Å². The quantitative estimate of drug-likeness (QED) is 0.699. The highest BCUT2D eigenvalue weighted by molar-refractivity contribution is 8.00. The fraction of sp³-hybridized carbons (Fsp3) is 0.786. The summed E-state index contributed by atoms with van der Waals surface area (Å²) in [7, 11) is 0. The maximum atomic E-state index is 11.6. The van der Waals surface area contributed by atoms with E-state index in [1.54, 1.807) is 6.92 Å². The van der Waals surface area contributed by atoms with Gasteiger partial charge in [0.25, 0.3) is 0 Å². The van der Waals surface area contributed by atoms with Gasteiger partial charge in [0.1, 0.15) is 0 Å². The summed E-state index contributed by atoms with van der Waals surface area (Å²) in [6.45, 7) is 4.44. The second-order valence-electron chi connectivity index (χ2n) is 4.96. The van der Waals surface area contributed by atoms with Crippen molar-refractivity contribution in [1.82, 2.24) is 5.32 Å². The summed E-state index contributed by atoms with van der Waals surface area (Å²) in [4.78, 5) is 11.6. The monoisotopic (exact) mass is 271 g/mol. The first-order valence-corrected chi connectivity index (χ1v) is 7.88. The van der Waals surface area contributed by atoms with Gasteiger partial charge in [0, 0.05) is 11.8 Å². The van der Waals surface area contributed by atoms with Crippen molar-refractivity contribution in [2.45, 2.75) is 57.3 Å². The summed E-state index contributed by atoms with van der Waals surface area (Å²) < 4.78 is 0. The summed E-state index contributed by atoms with van der Waals surface area (Å²) >= 11 is 1.50. The third kappa shape index (κ3) is 6.45. The number of aliphatic hydroxyl groups excluding tert-OH is 1. The van der Waals surface area contributed by atoms with E-state index in [1.165, 1.54) is 43.0 Å². The molecule has 1 amide bonds. The molecule has 0 saturated carbocycles. The van der Waals surface area contributed by atoms with Crippen LogP contribution in [0.25, 0.3) is 0 Å². The Bertz CT molecular complexity index is 290. The minimum atomic E-state index is -0.366. The van der Waals surface area contributed by atoms with Crippen LogP contribution >= 0.6 is 11.8 Å². The van der Waals surface area contributed by atoms with Crippen LogP contribution in [-0.2, 0) is 4.79 Å². The van der Waals surface area contributed by atoms with Gasteiger partial charge in [-0.05, 0) is 39.0 Å². The van der Waals surface area contributed by atoms with E-state index in [0.29, 0.717) is 5.75 Å². The number of nitrogens with one attached hydrogen (secondary N) is 1. The molecule has 2 N–H and O–H groups in total. The summed E-state index contributed by atoms with van der Waals surface area (Å²) in [5.74, 6) is 0.509. The molecule has 0 heterocycles. The lowest BCUT2D eigenvalue weighted by atomic mass is 9.97. The molecule has 1 aliphatic carbocycles. The van der Waals surface area contributed by atoms with Crippen LogP contribution in [0.15, 0.2) is 11.6 Å². The lowest BCUT2D eigenvalue weighted by Gasteiger charge is -2.15. The van der Waals surface area contributed by atoms with E-state index in [0.717, 1.165) is 13.0 Å². The van der Waals surface area contributed by atoms with Crippen LogP contribution in [-0.4, -0.2) is 34.7 Å². The number of amides is 1. The van der Waals surface area contributed by atoms with Gasteiger partial charge in [0.2, 0.25) is 5.91 Å². The van der Waals surface area contributed by atoms with E-state index in [9.17, 15) is 9.90 Å². The fourth-order valence-corrected chi connectivity index (χ4v) is 2.69. The molecule has 1 aliphatic rings. The molecule has 0 aromatic rings. The Balaban J connectivity index is 2.08. The van der Waals surface area contributed by atoms with E-state index < -0.39 is 0 Å². The summed E-state index contributed by atoms with van der Waals surface area (Å²) in [6.07, 6.45) is 7.94. The number of carbonyl (C=O) groups is 1. The van der Waals surface area contributed by atoms with Crippen molar-refractivity contribution in [2.75, 3.05) is 12.3 Å². The Morgan fingerprint density at radius 2 is 2.28 bits per heavy atom. The first kappa shape index (κ1) is 15.6. The zero-order chi connectivity index (χ0) is 13.4. The minimum absolute atomic E-state index is 0.0731. The number of hydrogen-bond acceptors (Lipinski definition) is 3. The lowest BCUT2D eigenvalue weighted by molar-refractivity contribution is -0.118. The van der Waals surface area contributed by atoms with Crippen molar-refractivity contribution in [3.05, 3.63) is 11.6 Å². The van der Waals surface area contributed by atoms with Gasteiger partial charge in [-0.3, -0.25) is 4.79 Å². The first-order chi connectivity index (χ1) is 8.59. The molecule has 0 bridgehead atoms. The molecule has 18 heavy (non-hydrogen) atoms. The van der Waals surface area contributed by atoms with Crippen molar-refractivity contribution in [2.24, 2.45) is 0 Å². The molecule has 1 rings (SSSR count). The molecular weight excluding hydrogens is 246 g/mol. The lowest BCUT2D eigenvalue weighted by Crippen LogP contribution is -2.28. The highest BCUT2D eigenvalue weighted by Crippen LogP contribution is 2.19. The number of hydrogen-bond donors (Lipinski definition) is 2. The van der Waals surface area contributed by atoms with Crippen LogP contribution < -0.4 is 5.32 Å². The van der Waals surface area contributed by atoms with Crippen LogP contribution in [0.3, 0.4) is 0 Å². The van der Waals surface area contributed by atoms with E-state index in [2.05, 4.69) is 11.4 Å². The third-order valence-corrected chi connectivity index (χ3v) is 4.66. The Kier molecular flexibility index (Phi) is 7.44. The SMILES string of the molecule is CC(O)C(C)SCC(=O)NCCC1=CCCCC1.